The minimum atomic E-state index is -0.126. The van der Waals surface area contributed by atoms with Gasteiger partial charge in [0.25, 0.3) is 5.91 Å². The van der Waals surface area contributed by atoms with Crippen molar-refractivity contribution in [3.05, 3.63) is 54.6 Å². The minimum absolute atomic E-state index is 0.126. The molecule has 0 bridgehead atoms. The molecule has 2 rings (SSSR count). The molecule has 96 valence electrons. The van der Waals surface area contributed by atoms with Crippen molar-refractivity contribution in [3.8, 4) is 6.07 Å². The highest BCUT2D eigenvalue weighted by Crippen LogP contribution is 2.32. The predicted octanol–water partition coefficient (Wildman–Crippen LogP) is 4.07. The van der Waals surface area contributed by atoms with Crippen LogP contribution in [0.1, 0.15) is 20.8 Å². The number of hydrogen-bond donors (Lipinski definition) is 1. The summed E-state index contributed by atoms with van der Waals surface area (Å²) in [5, 5.41) is 11.6. The molecule has 1 amide bonds. The SMILES string of the molecule is N#Cc1cccc(CNC(=O)c2cc(Br)c(Br)s2)c1. The molecule has 1 aromatic carbocycles. The standard InChI is InChI=1S/C13H8Br2N2OS/c14-10-5-11(19-12(10)15)13(18)17-7-9-3-1-2-8(4-9)6-16/h1-5H,7H2,(H,17,18). The third-order valence-electron chi connectivity index (χ3n) is 2.38. The maximum Gasteiger partial charge on any atom is 0.261 e. The van der Waals surface area contributed by atoms with Gasteiger partial charge in [0.05, 0.1) is 20.3 Å². The van der Waals surface area contributed by atoms with Gasteiger partial charge in [-0.05, 0) is 55.6 Å². The molecule has 1 aromatic heterocycles. The summed E-state index contributed by atoms with van der Waals surface area (Å²) in [6.45, 7) is 0.404. The van der Waals surface area contributed by atoms with Crippen molar-refractivity contribution >= 4 is 49.1 Å². The van der Waals surface area contributed by atoms with Gasteiger partial charge in [0.15, 0.2) is 0 Å². The van der Waals surface area contributed by atoms with Gasteiger partial charge in [-0.1, -0.05) is 12.1 Å². The minimum Gasteiger partial charge on any atom is -0.347 e. The number of hydrogen-bond acceptors (Lipinski definition) is 3. The van der Waals surface area contributed by atoms with Crippen LogP contribution in [-0.4, -0.2) is 5.91 Å². The molecule has 3 nitrogen and oxygen atoms in total. The van der Waals surface area contributed by atoms with E-state index in [1.807, 2.05) is 6.07 Å². The van der Waals surface area contributed by atoms with E-state index in [4.69, 9.17) is 5.26 Å². The highest BCUT2D eigenvalue weighted by Gasteiger charge is 2.11. The fraction of sp³-hybridized carbons (Fsp3) is 0.0769. The second kappa shape index (κ2) is 6.33. The van der Waals surface area contributed by atoms with E-state index in [-0.39, 0.29) is 5.91 Å². The van der Waals surface area contributed by atoms with Gasteiger partial charge in [-0.15, -0.1) is 11.3 Å². The highest BCUT2D eigenvalue weighted by atomic mass is 79.9. The monoisotopic (exact) mass is 398 g/mol. The number of amides is 1. The van der Waals surface area contributed by atoms with E-state index in [0.717, 1.165) is 13.8 Å². The molecule has 6 heteroatoms. The quantitative estimate of drug-likeness (QED) is 0.845. The number of nitrogens with one attached hydrogen (secondary N) is 1. The fourth-order valence-electron chi connectivity index (χ4n) is 1.48. The van der Waals surface area contributed by atoms with E-state index in [1.54, 1.807) is 24.3 Å². The number of carbonyl (C=O) groups excluding carboxylic acids is 1. The molecule has 1 heterocycles. The number of rotatable bonds is 3. The molecule has 0 aliphatic heterocycles. The van der Waals surface area contributed by atoms with Crippen LogP contribution < -0.4 is 5.32 Å². The van der Waals surface area contributed by atoms with Crippen LogP contribution in [0.25, 0.3) is 0 Å². The zero-order valence-electron chi connectivity index (χ0n) is 9.61. The Morgan fingerprint density at radius 2 is 2.16 bits per heavy atom. The van der Waals surface area contributed by atoms with Crippen LogP contribution in [0.2, 0.25) is 0 Å². The lowest BCUT2D eigenvalue weighted by Crippen LogP contribution is -2.21. The number of benzene rings is 1. The lowest BCUT2D eigenvalue weighted by molar-refractivity contribution is 0.0955. The van der Waals surface area contributed by atoms with Gasteiger partial charge in [-0.3, -0.25) is 4.79 Å². The maximum atomic E-state index is 11.9. The average molecular weight is 400 g/mol. The van der Waals surface area contributed by atoms with E-state index in [1.165, 1.54) is 11.3 Å². The number of halogens is 2. The molecular weight excluding hydrogens is 392 g/mol. The number of nitriles is 1. The smallest absolute Gasteiger partial charge is 0.261 e. The Hall–Kier alpha value is -1.16. The van der Waals surface area contributed by atoms with Gasteiger partial charge >= 0.3 is 0 Å². The first-order chi connectivity index (χ1) is 9.10. The van der Waals surface area contributed by atoms with Gasteiger partial charge in [-0.2, -0.15) is 5.26 Å². The molecule has 0 aliphatic rings. The third kappa shape index (κ3) is 3.66. The van der Waals surface area contributed by atoms with Crippen LogP contribution in [0.5, 0.6) is 0 Å². The lowest BCUT2D eigenvalue weighted by Gasteiger charge is -2.03. The van der Waals surface area contributed by atoms with Crippen LogP contribution in [0.3, 0.4) is 0 Å². The second-order valence-corrected chi connectivity index (χ2v) is 6.95. The lowest BCUT2D eigenvalue weighted by atomic mass is 10.1. The summed E-state index contributed by atoms with van der Waals surface area (Å²) in [6.07, 6.45) is 0. The zero-order valence-corrected chi connectivity index (χ0v) is 13.6. The Morgan fingerprint density at radius 3 is 2.79 bits per heavy atom. The molecule has 1 N–H and O–H groups in total. The van der Waals surface area contributed by atoms with Gasteiger partial charge in [-0.25, -0.2) is 0 Å². The molecule has 0 unspecified atom stereocenters. The van der Waals surface area contributed by atoms with Crippen LogP contribution in [0.15, 0.2) is 38.6 Å². The Bertz CT molecular complexity index is 641. The Kier molecular flexibility index (Phi) is 4.75. The first-order valence-electron chi connectivity index (χ1n) is 5.32. The van der Waals surface area contributed by atoms with Crippen LogP contribution in [-0.2, 0) is 6.54 Å². The predicted molar refractivity (Wildman–Crippen MR) is 82.0 cm³/mol. The van der Waals surface area contributed by atoms with E-state index in [0.29, 0.717) is 17.0 Å². The zero-order chi connectivity index (χ0) is 13.8. The van der Waals surface area contributed by atoms with Crippen molar-refractivity contribution in [2.75, 3.05) is 0 Å². The van der Waals surface area contributed by atoms with E-state index >= 15 is 0 Å². The largest absolute Gasteiger partial charge is 0.347 e. The Balaban J connectivity index is 2.02. The number of nitrogens with zero attached hydrogens (tertiary/aromatic N) is 1. The summed E-state index contributed by atoms with van der Waals surface area (Å²) in [4.78, 5) is 12.6. The first-order valence-corrected chi connectivity index (χ1v) is 7.72. The molecule has 0 fully saturated rings. The second-order valence-electron chi connectivity index (χ2n) is 3.73. The summed E-state index contributed by atoms with van der Waals surface area (Å²) in [5.74, 6) is -0.126. The van der Waals surface area contributed by atoms with Crippen LogP contribution >= 0.6 is 43.2 Å². The highest BCUT2D eigenvalue weighted by molar-refractivity contribution is 9.13. The van der Waals surface area contributed by atoms with Crippen molar-refractivity contribution in [3.63, 3.8) is 0 Å². The molecule has 2 aromatic rings. The van der Waals surface area contributed by atoms with Gasteiger partial charge in [0.1, 0.15) is 0 Å². The molecular formula is C13H8Br2N2OS. The Labute approximate surface area is 131 Å². The van der Waals surface area contributed by atoms with E-state index < -0.39 is 0 Å². The summed E-state index contributed by atoms with van der Waals surface area (Å²) in [6, 6.07) is 11.0. The molecule has 0 radical (unpaired) electrons. The molecule has 0 aliphatic carbocycles. The van der Waals surface area contributed by atoms with Crippen molar-refractivity contribution in [2.24, 2.45) is 0 Å². The number of thiophene rings is 1. The first kappa shape index (κ1) is 14.3. The van der Waals surface area contributed by atoms with Crippen molar-refractivity contribution < 1.29 is 4.79 Å². The molecule has 0 spiro atoms. The van der Waals surface area contributed by atoms with Gasteiger partial charge < -0.3 is 5.32 Å². The van der Waals surface area contributed by atoms with E-state index in [2.05, 4.69) is 43.2 Å². The molecule has 0 saturated heterocycles. The molecule has 0 atom stereocenters. The van der Waals surface area contributed by atoms with Crippen molar-refractivity contribution in [2.45, 2.75) is 6.54 Å². The third-order valence-corrected chi connectivity index (χ3v) is 5.63. The summed E-state index contributed by atoms with van der Waals surface area (Å²) in [5.41, 5.74) is 1.50. The topological polar surface area (TPSA) is 52.9 Å². The van der Waals surface area contributed by atoms with Gasteiger partial charge in [0.2, 0.25) is 0 Å². The number of carbonyl (C=O) groups is 1. The van der Waals surface area contributed by atoms with Crippen LogP contribution in [0.4, 0.5) is 0 Å². The average Bonchev–Trinajstić information content (AvgIpc) is 2.76. The van der Waals surface area contributed by atoms with Crippen molar-refractivity contribution in [1.29, 1.82) is 5.26 Å². The summed E-state index contributed by atoms with van der Waals surface area (Å²) >= 11 is 8.07. The fourth-order valence-corrected chi connectivity index (χ4v) is 3.43. The Morgan fingerprint density at radius 1 is 1.37 bits per heavy atom. The summed E-state index contributed by atoms with van der Waals surface area (Å²) < 4.78 is 1.76. The normalized spacial score (nSPS) is 9.95. The molecule has 0 saturated carbocycles. The van der Waals surface area contributed by atoms with E-state index in [9.17, 15) is 4.79 Å². The maximum absolute atomic E-state index is 11.9. The molecule has 19 heavy (non-hydrogen) atoms. The van der Waals surface area contributed by atoms with Crippen LogP contribution in [0, 0.1) is 11.3 Å². The summed E-state index contributed by atoms with van der Waals surface area (Å²) in [7, 11) is 0. The van der Waals surface area contributed by atoms with Crippen molar-refractivity contribution in [1.82, 2.24) is 5.32 Å². The van der Waals surface area contributed by atoms with Gasteiger partial charge in [0, 0.05) is 11.0 Å².